The predicted octanol–water partition coefficient (Wildman–Crippen LogP) is 8.11. The lowest BCUT2D eigenvalue weighted by molar-refractivity contribution is -0.257. The number of carbonyl (C=O) groups is 1. The molecule has 1 fully saturated rings. The standard InChI is InChI=1S/C48H63N3O8/c1-6-23-51(45(54)28-34-16-14-19-37(27-34)55-5)44-31-42(50-58-8-3)40-29-35(17-9-11-24-52)39(20-10-12-25-53)46-41-30-38(56-32-36-18-13-15-33(4)49-36)21-22-43(41)59-48(44,47(40)46)57-26-7-2/h7,13-16,18-19,21-22,27,29-30,35,39,44,46-47,52-53H,2,6,8-12,17,20,23-26,28,31-32H2,1,3-5H3/t35-,39+,44-,46+,47+,48+/m0/s1. The fraction of sp³-hybridized carbons (Fsp3) is 0.521. The number of pyridine rings is 1. The highest BCUT2D eigenvalue weighted by atomic mass is 16.7. The van der Waals surface area contributed by atoms with E-state index in [2.05, 4.69) is 30.6 Å². The number of methoxy groups -OCH3 is 1. The minimum atomic E-state index is -1.32. The van der Waals surface area contributed by atoms with E-state index < -0.39 is 17.7 Å². The molecule has 1 aromatic heterocycles. The van der Waals surface area contributed by atoms with Gasteiger partial charge in [-0.05, 0) is 111 Å². The van der Waals surface area contributed by atoms with Crippen LogP contribution in [-0.2, 0) is 27.4 Å². The number of amides is 1. The van der Waals surface area contributed by atoms with Crippen LogP contribution >= 0.6 is 0 Å². The number of allylic oxidation sites excluding steroid dienone is 1. The average Bonchev–Trinajstić information content (AvgIpc) is 3.24. The first-order valence-electron chi connectivity index (χ1n) is 21.5. The Hall–Kier alpha value is -4.71. The van der Waals surface area contributed by atoms with E-state index in [4.69, 9.17) is 28.9 Å². The number of fused-ring (bicyclic) bond motifs is 2. The molecule has 0 saturated heterocycles. The summed E-state index contributed by atoms with van der Waals surface area (Å²) in [5.74, 6) is 0.417. The maximum absolute atomic E-state index is 14.8. The summed E-state index contributed by atoms with van der Waals surface area (Å²) in [6.07, 6.45) is 10.1. The number of oxime groups is 1. The summed E-state index contributed by atoms with van der Waals surface area (Å²) >= 11 is 0. The van der Waals surface area contributed by atoms with Crippen LogP contribution in [0.15, 0.2) is 90.1 Å². The van der Waals surface area contributed by atoms with Crippen molar-refractivity contribution in [3.63, 3.8) is 0 Å². The molecule has 3 aliphatic rings. The van der Waals surface area contributed by atoms with Gasteiger partial charge in [0.2, 0.25) is 11.7 Å². The molecule has 2 aliphatic carbocycles. The summed E-state index contributed by atoms with van der Waals surface area (Å²) in [7, 11) is 1.63. The summed E-state index contributed by atoms with van der Waals surface area (Å²) in [4.78, 5) is 27.3. The maximum atomic E-state index is 14.8. The molecule has 3 aromatic rings. The van der Waals surface area contributed by atoms with Crippen LogP contribution in [0.3, 0.4) is 0 Å². The number of nitrogens with zero attached hydrogens (tertiary/aromatic N) is 3. The zero-order valence-electron chi connectivity index (χ0n) is 35.3. The van der Waals surface area contributed by atoms with Crippen LogP contribution in [0.25, 0.3) is 0 Å². The summed E-state index contributed by atoms with van der Waals surface area (Å²) in [5, 5.41) is 24.6. The molecule has 11 heteroatoms. The Morgan fingerprint density at radius 2 is 1.83 bits per heavy atom. The molecule has 0 spiro atoms. The Kier molecular flexibility index (Phi) is 15.6. The molecule has 6 rings (SSSR count). The third kappa shape index (κ3) is 10.0. The van der Waals surface area contributed by atoms with E-state index in [0.29, 0.717) is 56.3 Å². The molecule has 1 amide bonds. The van der Waals surface area contributed by atoms with Crippen molar-refractivity contribution in [3.05, 3.63) is 107 Å². The van der Waals surface area contributed by atoms with Crippen molar-refractivity contribution in [1.82, 2.24) is 9.88 Å². The van der Waals surface area contributed by atoms with Gasteiger partial charge in [0.15, 0.2) is 0 Å². The summed E-state index contributed by atoms with van der Waals surface area (Å²) in [6, 6.07) is 19.0. The van der Waals surface area contributed by atoms with Gasteiger partial charge in [0.25, 0.3) is 0 Å². The van der Waals surface area contributed by atoms with Crippen molar-refractivity contribution in [2.45, 2.75) is 103 Å². The van der Waals surface area contributed by atoms with Crippen LogP contribution < -0.4 is 14.2 Å². The normalized spacial score (nSPS) is 23.7. The van der Waals surface area contributed by atoms with Crippen molar-refractivity contribution in [1.29, 1.82) is 0 Å². The smallest absolute Gasteiger partial charge is 0.239 e. The molecular formula is C48H63N3O8. The first-order valence-corrected chi connectivity index (χ1v) is 21.5. The number of aromatic nitrogens is 1. The van der Waals surface area contributed by atoms with Crippen molar-refractivity contribution in [2.75, 3.05) is 40.1 Å². The van der Waals surface area contributed by atoms with Gasteiger partial charge in [-0.3, -0.25) is 9.78 Å². The Bertz CT molecular complexity index is 1930. The monoisotopic (exact) mass is 809 g/mol. The number of benzene rings is 2. The van der Waals surface area contributed by atoms with Gasteiger partial charge in [0, 0.05) is 43.4 Å². The molecule has 1 aliphatic heterocycles. The average molecular weight is 810 g/mol. The zero-order valence-corrected chi connectivity index (χ0v) is 35.3. The number of unbranched alkanes of at least 4 members (excludes halogenated alkanes) is 2. The first-order chi connectivity index (χ1) is 28.8. The minimum absolute atomic E-state index is 0.0495. The number of hydrogen-bond acceptors (Lipinski definition) is 10. The van der Waals surface area contributed by atoms with E-state index in [1.807, 2.05) is 73.3 Å². The molecule has 0 bridgehead atoms. The number of carbonyl (C=O) groups excluding carboxylic acids is 1. The van der Waals surface area contributed by atoms with E-state index in [0.717, 1.165) is 65.9 Å². The van der Waals surface area contributed by atoms with Crippen molar-refractivity contribution in [2.24, 2.45) is 22.9 Å². The third-order valence-electron chi connectivity index (χ3n) is 11.9. The van der Waals surface area contributed by atoms with Crippen molar-refractivity contribution in [3.8, 4) is 17.2 Å². The number of rotatable bonds is 22. The predicted molar refractivity (Wildman–Crippen MR) is 229 cm³/mol. The molecule has 2 heterocycles. The molecule has 0 radical (unpaired) electrons. The van der Waals surface area contributed by atoms with Crippen LogP contribution in [0.5, 0.6) is 17.2 Å². The second-order valence-electron chi connectivity index (χ2n) is 15.9. The highest BCUT2D eigenvalue weighted by Crippen LogP contribution is 2.62. The minimum Gasteiger partial charge on any atom is -0.497 e. The molecule has 0 unspecified atom stereocenters. The third-order valence-corrected chi connectivity index (χ3v) is 11.9. The number of aryl methyl sites for hydroxylation is 1. The largest absolute Gasteiger partial charge is 0.497 e. The lowest BCUT2D eigenvalue weighted by Gasteiger charge is -2.60. The van der Waals surface area contributed by atoms with Gasteiger partial charge < -0.3 is 38.9 Å². The van der Waals surface area contributed by atoms with Crippen LogP contribution in [0, 0.1) is 24.7 Å². The summed E-state index contributed by atoms with van der Waals surface area (Å²) < 4.78 is 26.4. The topological polar surface area (TPSA) is 132 Å². The molecule has 11 nitrogen and oxygen atoms in total. The van der Waals surface area contributed by atoms with Gasteiger partial charge in [-0.15, -0.1) is 6.58 Å². The van der Waals surface area contributed by atoms with Gasteiger partial charge in [0.1, 0.15) is 36.5 Å². The van der Waals surface area contributed by atoms with Crippen molar-refractivity contribution >= 4 is 11.6 Å². The Morgan fingerprint density at radius 3 is 2.56 bits per heavy atom. The first kappa shape index (κ1) is 43.9. The number of ether oxygens (including phenoxy) is 4. The Labute approximate surface area is 350 Å². The van der Waals surface area contributed by atoms with Crippen LogP contribution in [-0.4, -0.2) is 83.6 Å². The van der Waals surface area contributed by atoms with Crippen LogP contribution in [0.1, 0.15) is 93.6 Å². The lowest BCUT2D eigenvalue weighted by atomic mass is 9.55. The summed E-state index contributed by atoms with van der Waals surface area (Å²) in [5.41, 5.74) is 5.42. The van der Waals surface area contributed by atoms with E-state index in [-0.39, 0.29) is 49.9 Å². The van der Waals surface area contributed by atoms with Crippen molar-refractivity contribution < 1.29 is 38.8 Å². The molecule has 59 heavy (non-hydrogen) atoms. The highest BCUT2D eigenvalue weighted by Gasteiger charge is 2.65. The Balaban J connectivity index is 1.54. The molecule has 318 valence electrons. The number of aliphatic hydroxyl groups excluding tert-OH is 2. The Morgan fingerprint density at radius 1 is 1.03 bits per heavy atom. The van der Waals surface area contributed by atoms with Gasteiger partial charge >= 0.3 is 0 Å². The van der Waals surface area contributed by atoms with E-state index >= 15 is 0 Å². The molecule has 2 aromatic carbocycles. The quantitative estimate of drug-likeness (QED) is 0.0587. The summed E-state index contributed by atoms with van der Waals surface area (Å²) in [6.45, 7) is 11.6. The zero-order chi connectivity index (χ0) is 41.8. The van der Waals surface area contributed by atoms with Crippen LogP contribution in [0.4, 0.5) is 0 Å². The fourth-order valence-electron chi connectivity index (χ4n) is 9.47. The fourth-order valence-corrected chi connectivity index (χ4v) is 9.47. The highest BCUT2D eigenvalue weighted by molar-refractivity contribution is 6.03. The van der Waals surface area contributed by atoms with E-state index in [9.17, 15) is 15.0 Å². The van der Waals surface area contributed by atoms with E-state index in [1.165, 1.54) is 0 Å². The second-order valence-corrected chi connectivity index (χ2v) is 15.9. The van der Waals surface area contributed by atoms with Gasteiger partial charge in [-0.25, -0.2) is 0 Å². The molecule has 1 saturated carbocycles. The van der Waals surface area contributed by atoms with E-state index in [1.54, 1.807) is 13.2 Å². The number of hydrogen-bond donors (Lipinski definition) is 2. The van der Waals surface area contributed by atoms with Gasteiger partial charge in [0.05, 0.1) is 37.5 Å². The molecule has 6 atom stereocenters. The second kappa shape index (κ2) is 21.0. The number of aliphatic hydroxyl groups is 2. The maximum Gasteiger partial charge on any atom is 0.239 e. The molecular weight excluding hydrogens is 747 g/mol. The SMILES string of the molecule is C=CCO[C@@]12Oc3ccc(OCc4cccc(C)n4)cc3[C@H]3[C@H](CCCCO)[C@@H](CCCCO)C=C(C(=NOCC)C[C@@H]1N(CCC)C(=O)Cc1cccc(OC)c1)[C@H]32. The molecule has 2 N–H and O–H groups in total. The van der Waals surface area contributed by atoms with Gasteiger partial charge in [-0.1, -0.05) is 55.3 Å². The van der Waals surface area contributed by atoms with Crippen LogP contribution in [0.2, 0.25) is 0 Å². The van der Waals surface area contributed by atoms with Gasteiger partial charge in [-0.2, -0.15) is 0 Å². The lowest BCUT2D eigenvalue weighted by Crippen LogP contribution is -2.70.